The average molecular weight is 556 g/mol. The van der Waals surface area contributed by atoms with Gasteiger partial charge in [0.1, 0.15) is 17.8 Å². The molecule has 1 saturated heterocycles. The van der Waals surface area contributed by atoms with Gasteiger partial charge in [-0.3, -0.25) is 0 Å². The molecule has 1 fully saturated rings. The van der Waals surface area contributed by atoms with E-state index in [1.807, 2.05) is 13.0 Å². The van der Waals surface area contributed by atoms with E-state index in [0.29, 0.717) is 54.6 Å². The highest BCUT2D eigenvalue weighted by Gasteiger charge is 2.22. The largest absolute Gasteiger partial charge is 0.378 e. The summed E-state index contributed by atoms with van der Waals surface area (Å²) in [6.45, 7) is 4.05. The molecule has 2 aromatic carbocycles. The molecule has 3 N–H and O–H groups in total. The molecule has 3 heterocycles. The van der Waals surface area contributed by atoms with Crippen LogP contribution in [0.25, 0.3) is 33.4 Å². The fourth-order valence-corrected chi connectivity index (χ4v) is 4.91. The van der Waals surface area contributed by atoms with Crippen molar-refractivity contribution >= 4 is 33.6 Å². The van der Waals surface area contributed by atoms with Gasteiger partial charge in [-0.2, -0.15) is 0 Å². The molecule has 1 aliphatic heterocycles. The van der Waals surface area contributed by atoms with Crippen LogP contribution in [0.4, 0.5) is 20.5 Å². The van der Waals surface area contributed by atoms with Crippen LogP contribution in [0.3, 0.4) is 0 Å². The second-order valence-corrected chi connectivity index (χ2v) is 9.95. The minimum absolute atomic E-state index is 0.125. The maximum absolute atomic E-state index is 15.6. The summed E-state index contributed by atoms with van der Waals surface area (Å²) in [5.74, 6) is 0.546. The van der Waals surface area contributed by atoms with E-state index in [1.54, 1.807) is 30.6 Å². The molecule has 0 radical (unpaired) electrons. The molecule has 1 aliphatic rings. The van der Waals surface area contributed by atoms with E-state index in [-0.39, 0.29) is 30.0 Å². The van der Waals surface area contributed by atoms with Crippen LogP contribution in [-0.2, 0) is 15.6 Å². The van der Waals surface area contributed by atoms with Gasteiger partial charge in [0.2, 0.25) is 16.8 Å². The maximum Gasteiger partial charge on any atom is 0.219 e. The molecular formula is C26H27F2N7O3S. The number of nitrogen functional groups attached to an aromatic ring is 1. The van der Waals surface area contributed by atoms with E-state index in [4.69, 9.17) is 20.4 Å². The van der Waals surface area contributed by atoms with Gasteiger partial charge >= 0.3 is 0 Å². The molecule has 0 bridgehead atoms. The second kappa shape index (κ2) is 11.5. The van der Waals surface area contributed by atoms with E-state index in [1.165, 1.54) is 6.07 Å². The van der Waals surface area contributed by atoms with Crippen molar-refractivity contribution < 1.29 is 21.9 Å². The highest BCUT2D eigenvalue weighted by Crippen LogP contribution is 2.36. The Hall–Kier alpha value is -3.81. The number of nitrogens with zero attached hydrogens (tertiary/aromatic N) is 5. The molecule has 1 unspecified atom stereocenters. The molecule has 0 saturated carbocycles. The number of fused-ring (bicyclic) bond motifs is 1. The number of hydrogen-bond donors (Lipinski definition) is 3. The summed E-state index contributed by atoms with van der Waals surface area (Å²) in [6, 6.07) is 8.17. The summed E-state index contributed by atoms with van der Waals surface area (Å²) in [6.07, 6.45) is 1.27. The van der Waals surface area contributed by atoms with Crippen molar-refractivity contribution in [2.24, 2.45) is 0 Å². The quantitative estimate of drug-likeness (QED) is 0.280. The molecule has 5 rings (SSSR count). The Morgan fingerprint density at radius 3 is 2.59 bits per heavy atom. The van der Waals surface area contributed by atoms with Crippen LogP contribution in [0.1, 0.15) is 23.7 Å². The summed E-state index contributed by atoms with van der Waals surface area (Å²) < 4.78 is 59.6. The average Bonchev–Trinajstić information content (AvgIpc) is 2.93. The Morgan fingerprint density at radius 2 is 1.87 bits per heavy atom. The third kappa shape index (κ3) is 5.79. The molecule has 4 aromatic rings. The van der Waals surface area contributed by atoms with E-state index < -0.39 is 22.9 Å². The first-order valence-electron chi connectivity index (χ1n) is 12.4. The SMILES string of the molecule is Cc1cc(-c2cccc(C(F)CCN[SH](=O)=O)c2F)cc2c(N3CCOCC3)nc(-c3cnc(N)nc3)nc12. The number of thiol groups is 1. The van der Waals surface area contributed by atoms with Crippen LogP contribution < -0.4 is 15.4 Å². The number of aromatic nitrogens is 4. The lowest BCUT2D eigenvalue weighted by molar-refractivity contribution is 0.122. The van der Waals surface area contributed by atoms with Gasteiger partial charge in [0.15, 0.2) is 5.82 Å². The highest BCUT2D eigenvalue weighted by atomic mass is 32.2. The van der Waals surface area contributed by atoms with Crippen LogP contribution in [0.5, 0.6) is 0 Å². The molecule has 0 amide bonds. The number of hydrogen-bond acceptors (Lipinski definition) is 9. The standard InChI is InChI=1S/C26H27F2N7O3S/c1-15-11-16(18-3-2-4-19(22(18)28)21(27)5-6-32-39(36)37)12-20-23(15)33-24(17-13-30-26(29)31-14-17)34-25(20)35-7-9-38-10-8-35/h2-4,11-14,21,39H,5-10H2,1H3,(H2,29,30,31)(H,32,36,37). The topological polar surface area (TPSA) is 136 Å². The summed E-state index contributed by atoms with van der Waals surface area (Å²) in [5.41, 5.74) is 8.36. The number of nitrogens with one attached hydrogen (secondary N) is 1. The first kappa shape index (κ1) is 26.8. The van der Waals surface area contributed by atoms with E-state index in [0.717, 1.165) is 10.9 Å². The van der Waals surface area contributed by atoms with Crippen molar-refractivity contribution in [1.82, 2.24) is 24.7 Å². The first-order valence-corrected chi connectivity index (χ1v) is 13.5. The van der Waals surface area contributed by atoms with Crippen molar-refractivity contribution in [2.75, 3.05) is 43.5 Å². The molecule has 10 nitrogen and oxygen atoms in total. The Kier molecular flexibility index (Phi) is 7.91. The number of ether oxygens (including phenoxy) is 1. The Balaban J connectivity index is 1.61. The van der Waals surface area contributed by atoms with Gasteiger partial charge in [0.25, 0.3) is 0 Å². The highest BCUT2D eigenvalue weighted by molar-refractivity contribution is 7.70. The zero-order valence-corrected chi connectivity index (χ0v) is 22.0. The second-order valence-electron chi connectivity index (χ2n) is 9.12. The van der Waals surface area contributed by atoms with Gasteiger partial charge < -0.3 is 15.4 Å². The third-order valence-corrected chi connectivity index (χ3v) is 7.01. The monoisotopic (exact) mass is 555 g/mol. The molecule has 0 spiro atoms. The van der Waals surface area contributed by atoms with Gasteiger partial charge in [-0.1, -0.05) is 18.2 Å². The molecule has 13 heteroatoms. The zero-order chi connectivity index (χ0) is 27.5. The van der Waals surface area contributed by atoms with Gasteiger partial charge in [0, 0.05) is 48.5 Å². The molecule has 39 heavy (non-hydrogen) atoms. The van der Waals surface area contributed by atoms with Crippen LogP contribution in [0, 0.1) is 12.7 Å². The maximum atomic E-state index is 15.6. The number of benzene rings is 2. The van der Waals surface area contributed by atoms with Gasteiger partial charge in [0.05, 0.1) is 24.3 Å². The third-order valence-electron chi connectivity index (χ3n) is 6.53. The number of morpholine rings is 1. The number of aryl methyl sites for hydroxylation is 1. The smallest absolute Gasteiger partial charge is 0.219 e. The summed E-state index contributed by atoms with van der Waals surface area (Å²) in [4.78, 5) is 19.8. The fourth-order valence-electron chi connectivity index (χ4n) is 4.60. The Labute approximate surface area is 225 Å². The lowest BCUT2D eigenvalue weighted by Gasteiger charge is -2.29. The summed E-state index contributed by atoms with van der Waals surface area (Å²) in [7, 11) is -2.85. The predicted octanol–water partition coefficient (Wildman–Crippen LogP) is 3.14. The zero-order valence-electron chi connectivity index (χ0n) is 21.1. The van der Waals surface area contributed by atoms with Crippen molar-refractivity contribution in [3.8, 4) is 22.5 Å². The lowest BCUT2D eigenvalue weighted by atomic mass is 9.96. The molecular weight excluding hydrogens is 528 g/mol. The Morgan fingerprint density at radius 1 is 1.13 bits per heavy atom. The number of anilines is 2. The molecule has 1 atom stereocenters. The van der Waals surface area contributed by atoms with Crippen molar-refractivity contribution in [3.63, 3.8) is 0 Å². The van der Waals surface area contributed by atoms with E-state index in [9.17, 15) is 12.8 Å². The van der Waals surface area contributed by atoms with E-state index in [2.05, 4.69) is 19.6 Å². The number of halogens is 2. The van der Waals surface area contributed by atoms with Gasteiger partial charge in [-0.25, -0.2) is 41.9 Å². The van der Waals surface area contributed by atoms with Crippen molar-refractivity contribution in [2.45, 2.75) is 19.5 Å². The fraction of sp³-hybridized carbons (Fsp3) is 0.308. The van der Waals surface area contributed by atoms with Crippen LogP contribution >= 0.6 is 0 Å². The minimum atomic E-state index is -2.85. The molecule has 0 aliphatic carbocycles. The van der Waals surface area contributed by atoms with Crippen LogP contribution in [0.15, 0.2) is 42.7 Å². The van der Waals surface area contributed by atoms with Gasteiger partial charge in [-0.15, -0.1) is 0 Å². The Bertz CT molecular complexity index is 1570. The van der Waals surface area contributed by atoms with Crippen molar-refractivity contribution in [1.29, 1.82) is 0 Å². The number of rotatable bonds is 8. The minimum Gasteiger partial charge on any atom is -0.378 e. The van der Waals surface area contributed by atoms with Crippen LogP contribution in [-0.4, -0.2) is 61.2 Å². The first-order chi connectivity index (χ1) is 18.8. The van der Waals surface area contributed by atoms with Crippen molar-refractivity contribution in [3.05, 3.63) is 59.7 Å². The predicted molar refractivity (Wildman–Crippen MR) is 145 cm³/mol. The molecule has 204 valence electrons. The molecule has 2 aromatic heterocycles. The van der Waals surface area contributed by atoms with Crippen LogP contribution in [0.2, 0.25) is 0 Å². The summed E-state index contributed by atoms with van der Waals surface area (Å²) >= 11 is 0. The number of nitrogens with two attached hydrogens (primary N) is 1. The number of alkyl halides is 1. The summed E-state index contributed by atoms with van der Waals surface area (Å²) in [5, 5.41) is 0.720. The normalized spacial score (nSPS) is 14.7. The lowest BCUT2D eigenvalue weighted by Crippen LogP contribution is -2.37. The van der Waals surface area contributed by atoms with E-state index >= 15 is 4.39 Å². The van der Waals surface area contributed by atoms with Gasteiger partial charge in [-0.05, 0) is 36.6 Å².